The van der Waals surface area contributed by atoms with E-state index in [9.17, 15) is 4.79 Å². The Kier molecular flexibility index (Phi) is 4.73. The first-order valence-electron chi connectivity index (χ1n) is 6.36. The number of carbonyl (C=O) groups is 1. The zero-order valence-corrected chi connectivity index (χ0v) is 10.4. The van der Waals surface area contributed by atoms with Crippen LogP contribution in [0.3, 0.4) is 0 Å². The third kappa shape index (κ3) is 3.82. The smallest absolute Gasteiger partial charge is 0.335 e. The van der Waals surface area contributed by atoms with Gasteiger partial charge in [0.1, 0.15) is 0 Å². The van der Waals surface area contributed by atoms with Crippen LogP contribution in [0.2, 0.25) is 0 Å². The summed E-state index contributed by atoms with van der Waals surface area (Å²) in [4.78, 5) is 10.7. The zero-order valence-electron chi connectivity index (χ0n) is 10.4. The Morgan fingerprint density at radius 1 is 1.39 bits per heavy atom. The summed E-state index contributed by atoms with van der Waals surface area (Å²) in [5.74, 6) is -0.272. The average molecular weight is 249 g/mol. The molecule has 0 aromatic heterocycles. The van der Waals surface area contributed by atoms with E-state index >= 15 is 0 Å². The zero-order chi connectivity index (χ0) is 12.8. The summed E-state index contributed by atoms with van der Waals surface area (Å²) in [6.07, 6.45) is 2.38. The number of nitrogens with one attached hydrogen (secondary N) is 1. The summed E-state index contributed by atoms with van der Waals surface area (Å²) in [6.45, 7) is 3.48. The predicted octanol–water partition coefficient (Wildman–Crippen LogP) is 1.90. The van der Waals surface area contributed by atoms with Crippen molar-refractivity contribution in [2.75, 3.05) is 19.8 Å². The number of ether oxygens (including phenoxy) is 1. The summed E-state index contributed by atoms with van der Waals surface area (Å²) in [5.41, 5.74) is 1.44. The first-order chi connectivity index (χ1) is 8.75. The van der Waals surface area contributed by atoms with Gasteiger partial charge in [-0.2, -0.15) is 0 Å². The van der Waals surface area contributed by atoms with Crippen molar-refractivity contribution in [1.82, 2.24) is 5.32 Å². The minimum atomic E-state index is -0.881. The largest absolute Gasteiger partial charge is 0.478 e. The first kappa shape index (κ1) is 13.1. The minimum absolute atomic E-state index is 0.333. The molecule has 2 N–H and O–H groups in total. The van der Waals surface area contributed by atoms with Crippen LogP contribution in [-0.2, 0) is 11.3 Å². The van der Waals surface area contributed by atoms with Crippen molar-refractivity contribution in [3.63, 3.8) is 0 Å². The maximum Gasteiger partial charge on any atom is 0.335 e. The highest BCUT2D eigenvalue weighted by molar-refractivity contribution is 5.87. The molecule has 0 bridgehead atoms. The lowest BCUT2D eigenvalue weighted by Gasteiger charge is -2.22. The summed E-state index contributed by atoms with van der Waals surface area (Å²) in [7, 11) is 0. The molecule has 0 spiro atoms. The van der Waals surface area contributed by atoms with Crippen LogP contribution in [-0.4, -0.2) is 30.8 Å². The van der Waals surface area contributed by atoms with E-state index in [0.717, 1.165) is 38.3 Å². The highest BCUT2D eigenvalue weighted by Crippen LogP contribution is 2.12. The van der Waals surface area contributed by atoms with Gasteiger partial charge in [0.05, 0.1) is 12.2 Å². The van der Waals surface area contributed by atoms with Gasteiger partial charge in [0.25, 0.3) is 0 Å². The Bertz CT molecular complexity index is 383. The van der Waals surface area contributed by atoms with Crippen molar-refractivity contribution in [3.05, 3.63) is 35.4 Å². The normalized spacial score (nSPS) is 19.7. The highest BCUT2D eigenvalue weighted by Gasteiger charge is 2.12. The average Bonchev–Trinajstić information content (AvgIpc) is 2.40. The monoisotopic (exact) mass is 249 g/mol. The Morgan fingerprint density at radius 2 is 2.17 bits per heavy atom. The maximum atomic E-state index is 10.7. The molecule has 1 fully saturated rings. The van der Waals surface area contributed by atoms with Crippen molar-refractivity contribution in [2.24, 2.45) is 5.92 Å². The van der Waals surface area contributed by atoms with E-state index in [0.29, 0.717) is 11.5 Å². The molecular formula is C14H19NO3. The fourth-order valence-electron chi connectivity index (χ4n) is 2.15. The molecule has 1 aromatic rings. The molecule has 1 aliphatic rings. The lowest BCUT2D eigenvalue weighted by molar-refractivity contribution is 0.0547. The molecule has 1 aliphatic heterocycles. The molecule has 1 unspecified atom stereocenters. The van der Waals surface area contributed by atoms with Gasteiger partial charge in [-0.15, -0.1) is 0 Å². The van der Waals surface area contributed by atoms with E-state index in [1.807, 2.05) is 12.1 Å². The third-order valence-corrected chi connectivity index (χ3v) is 3.22. The van der Waals surface area contributed by atoms with Gasteiger partial charge in [-0.05, 0) is 36.5 Å². The topological polar surface area (TPSA) is 58.6 Å². The van der Waals surface area contributed by atoms with E-state index in [4.69, 9.17) is 9.84 Å². The van der Waals surface area contributed by atoms with Crippen molar-refractivity contribution < 1.29 is 14.6 Å². The number of carboxylic acids is 1. The van der Waals surface area contributed by atoms with Crippen LogP contribution in [0, 0.1) is 5.92 Å². The van der Waals surface area contributed by atoms with Crippen molar-refractivity contribution in [2.45, 2.75) is 19.4 Å². The summed E-state index contributed by atoms with van der Waals surface area (Å²) < 4.78 is 5.42. The first-order valence-corrected chi connectivity index (χ1v) is 6.36. The standard InChI is InChI=1S/C14H19NO3/c16-14(17)13-5-3-11(4-6-13)8-15-9-12-2-1-7-18-10-12/h3-6,12,15H,1-2,7-10H2,(H,16,17). The van der Waals surface area contributed by atoms with Crippen LogP contribution in [0.5, 0.6) is 0 Å². The fraction of sp³-hybridized carbons (Fsp3) is 0.500. The molecule has 0 saturated carbocycles. The van der Waals surface area contributed by atoms with Gasteiger partial charge in [-0.1, -0.05) is 12.1 Å². The van der Waals surface area contributed by atoms with E-state index in [1.54, 1.807) is 12.1 Å². The molecule has 0 amide bonds. The van der Waals surface area contributed by atoms with Gasteiger partial charge in [-0.25, -0.2) is 4.79 Å². The van der Waals surface area contributed by atoms with Crippen LogP contribution < -0.4 is 5.32 Å². The molecular weight excluding hydrogens is 230 g/mol. The molecule has 98 valence electrons. The van der Waals surface area contributed by atoms with Gasteiger partial charge in [-0.3, -0.25) is 0 Å². The second kappa shape index (κ2) is 6.52. The molecule has 2 rings (SSSR count). The molecule has 4 heteroatoms. The number of aromatic carboxylic acids is 1. The van der Waals surface area contributed by atoms with Crippen molar-refractivity contribution >= 4 is 5.97 Å². The van der Waals surface area contributed by atoms with E-state index in [-0.39, 0.29) is 0 Å². The minimum Gasteiger partial charge on any atom is -0.478 e. The van der Waals surface area contributed by atoms with Crippen LogP contribution in [0.4, 0.5) is 0 Å². The summed E-state index contributed by atoms with van der Waals surface area (Å²) in [5, 5.41) is 12.2. The van der Waals surface area contributed by atoms with E-state index in [1.165, 1.54) is 6.42 Å². The van der Waals surface area contributed by atoms with Crippen LogP contribution >= 0.6 is 0 Å². The Labute approximate surface area is 107 Å². The fourth-order valence-corrected chi connectivity index (χ4v) is 2.15. The lowest BCUT2D eigenvalue weighted by atomic mass is 10.0. The van der Waals surface area contributed by atoms with Crippen molar-refractivity contribution in [1.29, 1.82) is 0 Å². The molecule has 4 nitrogen and oxygen atoms in total. The number of benzene rings is 1. The SMILES string of the molecule is O=C(O)c1ccc(CNCC2CCCOC2)cc1. The number of hydrogen-bond donors (Lipinski definition) is 2. The van der Waals surface area contributed by atoms with Gasteiger partial charge in [0, 0.05) is 19.7 Å². The van der Waals surface area contributed by atoms with Crippen LogP contribution in [0.15, 0.2) is 24.3 Å². The van der Waals surface area contributed by atoms with Gasteiger partial charge in [0.15, 0.2) is 0 Å². The van der Waals surface area contributed by atoms with Crippen molar-refractivity contribution in [3.8, 4) is 0 Å². The second-order valence-electron chi connectivity index (χ2n) is 4.72. The van der Waals surface area contributed by atoms with Gasteiger partial charge >= 0.3 is 5.97 Å². The predicted molar refractivity (Wildman–Crippen MR) is 68.7 cm³/mol. The highest BCUT2D eigenvalue weighted by atomic mass is 16.5. The quantitative estimate of drug-likeness (QED) is 0.836. The molecule has 1 aromatic carbocycles. The van der Waals surface area contributed by atoms with Gasteiger partial charge in [0.2, 0.25) is 0 Å². The number of rotatable bonds is 5. The van der Waals surface area contributed by atoms with Crippen LogP contribution in [0.1, 0.15) is 28.8 Å². The van der Waals surface area contributed by atoms with E-state index in [2.05, 4.69) is 5.32 Å². The van der Waals surface area contributed by atoms with E-state index < -0.39 is 5.97 Å². The summed E-state index contributed by atoms with van der Waals surface area (Å²) >= 11 is 0. The second-order valence-corrected chi connectivity index (χ2v) is 4.72. The Hall–Kier alpha value is -1.39. The lowest BCUT2D eigenvalue weighted by Crippen LogP contribution is -2.28. The summed E-state index contributed by atoms with van der Waals surface area (Å²) in [6, 6.07) is 6.99. The molecule has 1 atom stereocenters. The Morgan fingerprint density at radius 3 is 2.78 bits per heavy atom. The molecule has 18 heavy (non-hydrogen) atoms. The molecule has 0 radical (unpaired) electrons. The Balaban J connectivity index is 1.74. The number of hydrogen-bond acceptors (Lipinski definition) is 3. The maximum absolute atomic E-state index is 10.7. The molecule has 1 saturated heterocycles. The third-order valence-electron chi connectivity index (χ3n) is 3.22. The van der Waals surface area contributed by atoms with Gasteiger partial charge < -0.3 is 15.2 Å². The molecule has 1 heterocycles. The number of carboxylic acid groups (broad SMARTS) is 1. The van der Waals surface area contributed by atoms with Crippen LogP contribution in [0.25, 0.3) is 0 Å². The molecule has 0 aliphatic carbocycles.